The zero-order valence-electron chi connectivity index (χ0n) is 14.5. The second kappa shape index (κ2) is 7.78. The summed E-state index contributed by atoms with van der Waals surface area (Å²) < 4.78 is 18.3. The monoisotopic (exact) mass is 346 g/mol. The summed E-state index contributed by atoms with van der Waals surface area (Å²) >= 11 is 0. The van der Waals surface area contributed by atoms with E-state index < -0.39 is 0 Å². The Morgan fingerprint density at radius 3 is 2.36 bits per heavy atom. The highest BCUT2D eigenvalue weighted by Gasteiger charge is 2.41. The molecule has 0 unspecified atom stereocenters. The van der Waals surface area contributed by atoms with Crippen LogP contribution in [0.4, 0.5) is 4.39 Å². The summed E-state index contributed by atoms with van der Waals surface area (Å²) in [6, 6.07) is 5.78. The molecule has 2 amide bonds. The predicted octanol–water partition coefficient (Wildman–Crippen LogP) is 2.43. The third-order valence-corrected chi connectivity index (χ3v) is 4.68. The van der Waals surface area contributed by atoms with Crippen molar-refractivity contribution in [1.82, 2.24) is 9.80 Å². The van der Waals surface area contributed by atoms with Crippen molar-refractivity contribution < 1.29 is 18.7 Å². The van der Waals surface area contributed by atoms with Crippen molar-refractivity contribution in [3.8, 4) is 0 Å². The van der Waals surface area contributed by atoms with Crippen molar-refractivity contribution in [2.45, 2.75) is 25.7 Å². The lowest BCUT2D eigenvalue weighted by Gasteiger charge is -2.29. The van der Waals surface area contributed by atoms with Gasteiger partial charge in [-0.2, -0.15) is 0 Å². The van der Waals surface area contributed by atoms with Crippen LogP contribution in [-0.4, -0.2) is 55.0 Å². The highest BCUT2D eigenvalue weighted by molar-refractivity contribution is 6.35. The minimum atomic E-state index is -0.363. The van der Waals surface area contributed by atoms with Gasteiger partial charge in [-0.3, -0.25) is 14.5 Å². The first-order valence-electron chi connectivity index (χ1n) is 8.74. The Hall–Kier alpha value is -2.21. The van der Waals surface area contributed by atoms with E-state index in [1.54, 1.807) is 19.2 Å². The number of imide groups is 1. The summed E-state index contributed by atoms with van der Waals surface area (Å²) in [6.45, 7) is 2.35. The third kappa shape index (κ3) is 3.58. The lowest BCUT2D eigenvalue weighted by Crippen LogP contribution is -2.37. The standard InChI is InChI=1S/C19H23FN2O3/c1-25-13-5-12-22-18(23)16(14-6-8-15(20)9-7-14)17(19(22)24)21-10-3-2-4-11-21/h6-9H,2-5,10-13H2,1H3. The molecule has 0 saturated carbocycles. The molecule has 0 bridgehead atoms. The van der Waals surface area contributed by atoms with Gasteiger partial charge in [0, 0.05) is 33.4 Å². The maximum Gasteiger partial charge on any atom is 0.277 e. The van der Waals surface area contributed by atoms with E-state index in [-0.39, 0.29) is 17.6 Å². The number of nitrogens with zero attached hydrogens (tertiary/aromatic N) is 2. The Morgan fingerprint density at radius 1 is 1.04 bits per heavy atom. The van der Waals surface area contributed by atoms with Gasteiger partial charge < -0.3 is 9.64 Å². The number of ether oxygens (including phenoxy) is 1. The zero-order chi connectivity index (χ0) is 17.8. The lowest BCUT2D eigenvalue weighted by atomic mass is 10.0. The zero-order valence-corrected chi connectivity index (χ0v) is 14.5. The van der Waals surface area contributed by atoms with Crippen molar-refractivity contribution in [2.24, 2.45) is 0 Å². The smallest absolute Gasteiger partial charge is 0.277 e. The largest absolute Gasteiger partial charge is 0.385 e. The molecule has 0 N–H and O–H groups in total. The number of methoxy groups -OCH3 is 1. The average molecular weight is 346 g/mol. The van der Waals surface area contributed by atoms with Crippen LogP contribution in [0.3, 0.4) is 0 Å². The Morgan fingerprint density at radius 2 is 1.72 bits per heavy atom. The number of benzene rings is 1. The number of hydrogen-bond donors (Lipinski definition) is 0. The predicted molar refractivity (Wildman–Crippen MR) is 92.0 cm³/mol. The number of carbonyl (C=O) groups is 2. The molecule has 0 spiro atoms. The van der Waals surface area contributed by atoms with Crippen LogP contribution in [0.5, 0.6) is 0 Å². The first-order chi connectivity index (χ1) is 12.1. The molecular weight excluding hydrogens is 323 g/mol. The van der Waals surface area contributed by atoms with E-state index in [9.17, 15) is 14.0 Å². The molecule has 0 aliphatic carbocycles. The fourth-order valence-electron chi connectivity index (χ4n) is 3.42. The van der Waals surface area contributed by atoms with Crippen LogP contribution >= 0.6 is 0 Å². The van der Waals surface area contributed by atoms with Crippen LogP contribution in [0.2, 0.25) is 0 Å². The maximum atomic E-state index is 13.3. The molecule has 5 nitrogen and oxygen atoms in total. The quantitative estimate of drug-likeness (QED) is 0.586. The number of piperidine rings is 1. The van der Waals surface area contributed by atoms with Crippen molar-refractivity contribution >= 4 is 17.4 Å². The summed E-state index contributed by atoms with van der Waals surface area (Å²) in [5.41, 5.74) is 1.45. The van der Waals surface area contributed by atoms with Crippen LogP contribution in [0.1, 0.15) is 31.2 Å². The topological polar surface area (TPSA) is 49.9 Å². The molecule has 0 aromatic heterocycles. The van der Waals surface area contributed by atoms with E-state index in [0.717, 1.165) is 32.4 Å². The average Bonchev–Trinajstić information content (AvgIpc) is 2.88. The molecule has 1 fully saturated rings. The third-order valence-electron chi connectivity index (χ3n) is 4.68. The summed E-state index contributed by atoms with van der Waals surface area (Å²) in [5, 5.41) is 0. The fourth-order valence-corrected chi connectivity index (χ4v) is 3.42. The molecule has 2 aliphatic rings. The molecule has 0 atom stereocenters. The summed E-state index contributed by atoms with van der Waals surface area (Å²) in [5.74, 6) is -0.909. The second-order valence-electron chi connectivity index (χ2n) is 6.39. The Labute approximate surface area is 147 Å². The number of carbonyl (C=O) groups excluding carboxylic acids is 2. The highest BCUT2D eigenvalue weighted by Crippen LogP contribution is 2.33. The molecule has 2 heterocycles. The van der Waals surface area contributed by atoms with Gasteiger partial charge in [0.25, 0.3) is 11.8 Å². The minimum absolute atomic E-state index is 0.248. The number of amides is 2. The van der Waals surface area contributed by atoms with E-state index in [1.165, 1.54) is 17.0 Å². The Balaban J connectivity index is 1.96. The lowest BCUT2D eigenvalue weighted by molar-refractivity contribution is -0.137. The van der Waals surface area contributed by atoms with Crippen LogP contribution in [0.15, 0.2) is 30.0 Å². The minimum Gasteiger partial charge on any atom is -0.385 e. The Kier molecular flexibility index (Phi) is 5.48. The maximum absolute atomic E-state index is 13.3. The normalized spacial score (nSPS) is 18.5. The molecular formula is C19H23FN2O3. The van der Waals surface area contributed by atoms with Crippen molar-refractivity contribution in [2.75, 3.05) is 33.4 Å². The van der Waals surface area contributed by atoms with Gasteiger partial charge >= 0.3 is 0 Å². The summed E-state index contributed by atoms with van der Waals surface area (Å²) in [6.07, 6.45) is 3.74. The van der Waals surface area contributed by atoms with Crippen LogP contribution in [0.25, 0.3) is 5.57 Å². The van der Waals surface area contributed by atoms with Crippen LogP contribution in [-0.2, 0) is 14.3 Å². The Bertz CT molecular complexity index is 678. The van der Waals surface area contributed by atoms with Crippen molar-refractivity contribution in [1.29, 1.82) is 0 Å². The molecule has 3 rings (SSSR count). The number of rotatable bonds is 6. The molecule has 1 aromatic rings. The van der Waals surface area contributed by atoms with Crippen LogP contribution < -0.4 is 0 Å². The van der Waals surface area contributed by atoms with Crippen LogP contribution in [0, 0.1) is 5.82 Å². The molecule has 25 heavy (non-hydrogen) atoms. The van der Waals surface area contributed by atoms with Crippen molar-refractivity contribution in [3.63, 3.8) is 0 Å². The van der Waals surface area contributed by atoms with E-state index in [1.807, 2.05) is 4.90 Å². The van der Waals surface area contributed by atoms with Gasteiger partial charge in [0.05, 0.1) is 5.57 Å². The first kappa shape index (κ1) is 17.6. The SMILES string of the molecule is COCCCN1C(=O)C(c2ccc(F)cc2)=C(N2CCCCC2)C1=O. The number of halogens is 1. The van der Waals surface area contributed by atoms with E-state index in [4.69, 9.17) is 4.74 Å². The van der Waals surface area contributed by atoms with E-state index >= 15 is 0 Å². The molecule has 2 aliphatic heterocycles. The fraction of sp³-hybridized carbons (Fsp3) is 0.474. The van der Waals surface area contributed by atoms with E-state index in [2.05, 4.69) is 0 Å². The summed E-state index contributed by atoms with van der Waals surface area (Å²) in [4.78, 5) is 29.2. The molecule has 1 aromatic carbocycles. The van der Waals surface area contributed by atoms with Gasteiger partial charge in [-0.05, 0) is 43.4 Å². The van der Waals surface area contributed by atoms with Gasteiger partial charge in [0.1, 0.15) is 11.5 Å². The summed E-state index contributed by atoms with van der Waals surface area (Å²) in [7, 11) is 1.59. The second-order valence-corrected chi connectivity index (χ2v) is 6.39. The molecule has 0 radical (unpaired) electrons. The first-order valence-corrected chi connectivity index (χ1v) is 8.74. The molecule has 134 valence electrons. The van der Waals surface area contributed by atoms with Gasteiger partial charge in [-0.15, -0.1) is 0 Å². The van der Waals surface area contributed by atoms with Gasteiger partial charge in [-0.1, -0.05) is 12.1 Å². The van der Waals surface area contributed by atoms with Gasteiger partial charge in [-0.25, -0.2) is 4.39 Å². The van der Waals surface area contributed by atoms with Gasteiger partial charge in [0.2, 0.25) is 0 Å². The van der Waals surface area contributed by atoms with E-state index in [0.29, 0.717) is 36.4 Å². The highest BCUT2D eigenvalue weighted by atomic mass is 19.1. The number of likely N-dealkylation sites (tertiary alicyclic amines) is 1. The number of hydrogen-bond acceptors (Lipinski definition) is 4. The van der Waals surface area contributed by atoms with Gasteiger partial charge in [0.15, 0.2) is 0 Å². The van der Waals surface area contributed by atoms with Crippen molar-refractivity contribution in [3.05, 3.63) is 41.3 Å². The molecule has 1 saturated heterocycles. The molecule has 6 heteroatoms.